The van der Waals surface area contributed by atoms with E-state index in [0.717, 1.165) is 12.8 Å². The van der Waals surface area contributed by atoms with Gasteiger partial charge in [-0.3, -0.25) is 0 Å². The molecule has 1 N–H and O–H groups in total. The molecule has 3 nitrogen and oxygen atoms in total. The molecule has 0 radical (unpaired) electrons. The summed E-state index contributed by atoms with van der Waals surface area (Å²) >= 11 is -0.00676. The van der Waals surface area contributed by atoms with E-state index in [2.05, 4.69) is 5.32 Å². The van der Waals surface area contributed by atoms with Crippen LogP contribution in [0.1, 0.15) is 25.7 Å². The predicted molar refractivity (Wildman–Crippen MR) is 74.4 cm³/mol. The van der Waals surface area contributed by atoms with Crippen LogP contribution < -0.4 is 5.32 Å². The molecule has 1 heterocycles. The number of halogens is 3. The molecule has 20 heavy (non-hydrogen) atoms. The molecule has 1 aliphatic heterocycles. The Labute approximate surface area is 122 Å². The van der Waals surface area contributed by atoms with Crippen LogP contribution in [0.25, 0.3) is 0 Å². The van der Waals surface area contributed by atoms with Crippen molar-refractivity contribution in [1.29, 1.82) is 0 Å². The smallest absolute Gasteiger partial charge is 0.314 e. The van der Waals surface area contributed by atoms with Crippen molar-refractivity contribution in [2.24, 2.45) is 11.8 Å². The van der Waals surface area contributed by atoms with Crippen molar-refractivity contribution in [1.82, 2.24) is 5.32 Å². The quantitative estimate of drug-likeness (QED) is 0.778. The van der Waals surface area contributed by atoms with E-state index >= 15 is 0 Å². The minimum absolute atomic E-state index is 0.00676. The highest BCUT2D eigenvalue weighted by Crippen LogP contribution is 2.34. The molecule has 1 aliphatic carbocycles. The van der Waals surface area contributed by atoms with Gasteiger partial charge < -0.3 is 5.32 Å². The van der Waals surface area contributed by atoms with Gasteiger partial charge in [-0.25, -0.2) is 8.42 Å². The Morgan fingerprint density at radius 3 is 2.45 bits per heavy atom. The lowest BCUT2D eigenvalue weighted by Crippen LogP contribution is -2.31. The largest absolute Gasteiger partial charge is 0.441 e. The number of sulfone groups is 1. The first kappa shape index (κ1) is 16.4. The second kappa shape index (κ2) is 6.44. The average molecular weight is 331 g/mol. The monoisotopic (exact) mass is 331 g/mol. The summed E-state index contributed by atoms with van der Waals surface area (Å²) in [4.78, 5) is 0. The summed E-state index contributed by atoms with van der Waals surface area (Å²) in [5, 5.41) is 3.32. The number of hydrogen-bond donors (Lipinski definition) is 1. The molecular weight excluding hydrogens is 311 g/mol. The Hall–Kier alpha value is 0.0500. The van der Waals surface area contributed by atoms with E-state index in [1.807, 2.05) is 0 Å². The highest BCUT2D eigenvalue weighted by Gasteiger charge is 2.35. The number of rotatable bonds is 7. The molecule has 1 saturated carbocycles. The first-order valence-electron chi connectivity index (χ1n) is 6.90. The van der Waals surface area contributed by atoms with Gasteiger partial charge in [-0.05, 0) is 44.1 Å². The molecule has 118 valence electrons. The van der Waals surface area contributed by atoms with Gasteiger partial charge in [0.1, 0.15) is 0 Å². The lowest BCUT2D eigenvalue weighted by Gasteiger charge is -2.23. The van der Waals surface area contributed by atoms with Gasteiger partial charge in [-0.15, -0.1) is 0 Å². The number of alkyl halides is 3. The minimum Gasteiger partial charge on any atom is -0.314 e. The van der Waals surface area contributed by atoms with E-state index in [-0.39, 0.29) is 40.9 Å². The van der Waals surface area contributed by atoms with Crippen molar-refractivity contribution < 1.29 is 21.6 Å². The van der Waals surface area contributed by atoms with Gasteiger partial charge in [0.2, 0.25) is 0 Å². The topological polar surface area (TPSA) is 46.2 Å². The molecule has 8 heteroatoms. The van der Waals surface area contributed by atoms with Gasteiger partial charge in [-0.2, -0.15) is 13.2 Å². The lowest BCUT2D eigenvalue weighted by atomic mass is 9.89. The summed E-state index contributed by atoms with van der Waals surface area (Å²) in [5.74, 6) is 0.379. The zero-order chi connectivity index (χ0) is 14.8. The molecule has 0 aromatic rings. The highest BCUT2D eigenvalue weighted by atomic mass is 32.2. The van der Waals surface area contributed by atoms with E-state index in [1.54, 1.807) is 0 Å². The fourth-order valence-electron chi connectivity index (χ4n) is 2.63. The normalized spacial score (nSPS) is 27.6. The third-order valence-corrected chi connectivity index (χ3v) is 6.50. The van der Waals surface area contributed by atoms with Crippen LogP contribution in [0.15, 0.2) is 0 Å². The maximum Gasteiger partial charge on any atom is 0.441 e. The van der Waals surface area contributed by atoms with Gasteiger partial charge in [0.05, 0.1) is 11.5 Å². The summed E-state index contributed by atoms with van der Waals surface area (Å²) in [6, 6.07) is 0.491. The number of hydrogen-bond acceptors (Lipinski definition) is 4. The summed E-state index contributed by atoms with van der Waals surface area (Å²) < 4.78 is 59.6. The molecule has 0 amide bonds. The molecule has 2 aliphatic rings. The van der Waals surface area contributed by atoms with Crippen molar-refractivity contribution in [2.45, 2.75) is 37.2 Å². The fourth-order valence-corrected chi connectivity index (χ4v) is 5.20. The Balaban J connectivity index is 1.83. The van der Waals surface area contributed by atoms with Crippen LogP contribution >= 0.6 is 11.8 Å². The maximum atomic E-state index is 12.2. The summed E-state index contributed by atoms with van der Waals surface area (Å²) in [6.07, 6.45) is 3.25. The molecule has 2 unspecified atom stereocenters. The first-order valence-corrected chi connectivity index (χ1v) is 9.70. The molecule has 2 atom stereocenters. The molecule has 0 aromatic carbocycles. The predicted octanol–water partition coefficient (Wildman–Crippen LogP) is 2.43. The zero-order valence-corrected chi connectivity index (χ0v) is 12.8. The second-order valence-electron chi connectivity index (χ2n) is 5.69. The van der Waals surface area contributed by atoms with Crippen LogP contribution in [0.2, 0.25) is 0 Å². The van der Waals surface area contributed by atoms with Crippen molar-refractivity contribution in [3.8, 4) is 0 Å². The minimum atomic E-state index is -4.20. The Bertz CT molecular complexity index is 421. The van der Waals surface area contributed by atoms with E-state index in [9.17, 15) is 21.6 Å². The summed E-state index contributed by atoms with van der Waals surface area (Å²) in [6.45, 7) is 0.642. The summed E-state index contributed by atoms with van der Waals surface area (Å²) in [7, 11) is -2.97. The molecule has 1 saturated heterocycles. The van der Waals surface area contributed by atoms with Crippen molar-refractivity contribution >= 4 is 21.6 Å². The highest BCUT2D eigenvalue weighted by molar-refractivity contribution is 8.00. The second-order valence-corrected chi connectivity index (χ2v) is 9.08. The molecule has 2 rings (SSSR count). The van der Waals surface area contributed by atoms with E-state index < -0.39 is 15.3 Å². The first-order chi connectivity index (χ1) is 9.25. The van der Waals surface area contributed by atoms with Crippen LogP contribution in [0.5, 0.6) is 0 Å². The van der Waals surface area contributed by atoms with Crippen LogP contribution in [-0.2, 0) is 9.84 Å². The van der Waals surface area contributed by atoms with Crippen molar-refractivity contribution in [3.05, 3.63) is 0 Å². The van der Waals surface area contributed by atoms with E-state index in [1.165, 1.54) is 0 Å². The molecule has 2 fully saturated rings. The van der Waals surface area contributed by atoms with Gasteiger partial charge in [-0.1, -0.05) is 11.8 Å². The number of thioether (sulfide) groups is 1. The maximum absolute atomic E-state index is 12.2. The molecule has 0 spiro atoms. The van der Waals surface area contributed by atoms with Crippen LogP contribution in [0.3, 0.4) is 0 Å². The Morgan fingerprint density at radius 2 is 1.95 bits per heavy atom. The van der Waals surface area contributed by atoms with Gasteiger partial charge in [0, 0.05) is 11.8 Å². The van der Waals surface area contributed by atoms with Crippen LogP contribution in [0, 0.1) is 11.8 Å². The van der Waals surface area contributed by atoms with Crippen LogP contribution in [-0.4, -0.2) is 43.8 Å². The molecule has 0 bridgehead atoms. The third-order valence-electron chi connectivity index (χ3n) is 3.93. The van der Waals surface area contributed by atoms with E-state index in [0.29, 0.717) is 25.4 Å². The molecule has 0 aromatic heterocycles. The van der Waals surface area contributed by atoms with Crippen molar-refractivity contribution in [3.63, 3.8) is 0 Å². The average Bonchev–Trinajstić information content (AvgIpc) is 3.05. The van der Waals surface area contributed by atoms with Crippen LogP contribution in [0.4, 0.5) is 13.2 Å². The lowest BCUT2D eigenvalue weighted by molar-refractivity contribution is -0.0328. The number of nitrogens with one attached hydrogen (secondary N) is 1. The fraction of sp³-hybridized carbons (Fsp3) is 1.00. The SMILES string of the molecule is O=S1(=O)CCC(C(CCSC(F)(F)F)CNC2CC2)C1. The summed E-state index contributed by atoms with van der Waals surface area (Å²) in [5.41, 5.74) is -4.20. The van der Waals surface area contributed by atoms with Gasteiger partial charge in [0.15, 0.2) is 9.84 Å². The standard InChI is InChI=1S/C12H20F3NO2S2/c13-12(14,15)19-5-3-9(7-16-11-1-2-11)10-4-6-20(17,18)8-10/h9-11,16H,1-8H2. The van der Waals surface area contributed by atoms with Crippen molar-refractivity contribution in [2.75, 3.05) is 23.8 Å². The third kappa shape index (κ3) is 5.81. The van der Waals surface area contributed by atoms with Gasteiger partial charge >= 0.3 is 5.51 Å². The Morgan fingerprint density at radius 1 is 1.25 bits per heavy atom. The Kier molecular flexibility index (Phi) is 5.29. The van der Waals surface area contributed by atoms with E-state index in [4.69, 9.17) is 0 Å². The zero-order valence-electron chi connectivity index (χ0n) is 11.2. The molecular formula is C12H20F3NO2S2. The van der Waals surface area contributed by atoms with Gasteiger partial charge in [0.25, 0.3) is 0 Å².